The SMILES string of the molecule is CCC(C)(C#N)C(=O)NCc1ccnc(C)n1. The molecule has 0 spiro atoms. The van der Waals surface area contributed by atoms with Crippen molar-refractivity contribution in [3.8, 4) is 6.07 Å². The van der Waals surface area contributed by atoms with Gasteiger partial charge in [-0.3, -0.25) is 4.79 Å². The highest BCUT2D eigenvalue weighted by molar-refractivity contribution is 5.84. The molecule has 1 atom stereocenters. The summed E-state index contributed by atoms with van der Waals surface area (Å²) in [6.45, 7) is 5.56. The number of aromatic nitrogens is 2. The lowest BCUT2D eigenvalue weighted by Crippen LogP contribution is -2.37. The van der Waals surface area contributed by atoms with Crippen LogP contribution in [0.2, 0.25) is 0 Å². The van der Waals surface area contributed by atoms with Crippen LogP contribution in [0.3, 0.4) is 0 Å². The Kier molecular flexibility index (Phi) is 4.16. The van der Waals surface area contributed by atoms with Crippen LogP contribution in [0.4, 0.5) is 0 Å². The molecule has 1 rings (SSSR count). The third-order valence-corrected chi connectivity index (χ3v) is 2.72. The molecule has 0 aliphatic heterocycles. The summed E-state index contributed by atoms with van der Waals surface area (Å²) in [5.41, 5.74) is -0.232. The number of nitriles is 1. The normalized spacial score (nSPS) is 13.5. The molecule has 0 saturated heterocycles. The average Bonchev–Trinajstić information content (AvgIpc) is 2.35. The van der Waals surface area contributed by atoms with Gasteiger partial charge in [0.15, 0.2) is 0 Å². The second kappa shape index (κ2) is 5.39. The van der Waals surface area contributed by atoms with Crippen LogP contribution in [0, 0.1) is 23.7 Å². The minimum Gasteiger partial charge on any atom is -0.349 e. The average molecular weight is 232 g/mol. The summed E-state index contributed by atoms with van der Waals surface area (Å²) in [6, 6.07) is 3.77. The van der Waals surface area contributed by atoms with Crippen molar-refractivity contribution in [2.45, 2.75) is 33.7 Å². The van der Waals surface area contributed by atoms with Crippen LogP contribution in [-0.4, -0.2) is 15.9 Å². The summed E-state index contributed by atoms with van der Waals surface area (Å²) in [5, 5.41) is 11.7. The molecule has 1 heterocycles. The van der Waals surface area contributed by atoms with Crippen LogP contribution in [0.1, 0.15) is 31.8 Å². The fourth-order valence-electron chi connectivity index (χ4n) is 1.26. The second-order valence-electron chi connectivity index (χ2n) is 4.08. The van der Waals surface area contributed by atoms with E-state index in [0.717, 1.165) is 5.69 Å². The van der Waals surface area contributed by atoms with Gasteiger partial charge in [-0.15, -0.1) is 0 Å². The first kappa shape index (κ1) is 13.1. The van der Waals surface area contributed by atoms with Gasteiger partial charge in [-0.25, -0.2) is 9.97 Å². The molecule has 0 aliphatic rings. The fraction of sp³-hybridized carbons (Fsp3) is 0.500. The topological polar surface area (TPSA) is 78.7 Å². The Morgan fingerprint density at radius 2 is 2.35 bits per heavy atom. The van der Waals surface area contributed by atoms with Crippen LogP contribution >= 0.6 is 0 Å². The van der Waals surface area contributed by atoms with Gasteiger partial charge in [0.1, 0.15) is 11.2 Å². The molecule has 0 saturated carbocycles. The molecular weight excluding hydrogens is 216 g/mol. The first-order chi connectivity index (χ1) is 8.01. The standard InChI is InChI=1S/C12H16N4O/c1-4-12(3,8-13)11(17)15-7-10-5-6-14-9(2)16-10/h5-6H,4,7H2,1-3H3,(H,15,17). The van der Waals surface area contributed by atoms with Crippen LogP contribution < -0.4 is 5.32 Å². The van der Waals surface area contributed by atoms with Gasteiger partial charge >= 0.3 is 0 Å². The number of hydrogen-bond acceptors (Lipinski definition) is 4. The summed E-state index contributed by atoms with van der Waals surface area (Å²) in [4.78, 5) is 20.0. The smallest absolute Gasteiger partial charge is 0.240 e. The van der Waals surface area contributed by atoms with Crippen molar-refractivity contribution in [2.24, 2.45) is 5.41 Å². The number of nitrogens with zero attached hydrogens (tertiary/aromatic N) is 3. The molecule has 1 aromatic rings. The summed E-state index contributed by atoms with van der Waals surface area (Å²) in [5.74, 6) is 0.397. The monoisotopic (exact) mass is 232 g/mol. The molecule has 1 amide bonds. The highest BCUT2D eigenvalue weighted by atomic mass is 16.2. The fourth-order valence-corrected chi connectivity index (χ4v) is 1.26. The third kappa shape index (κ3) is 3.25. The Labute approximate surface area is 101 Å². The second-order valence-corrected chi connectivity index (χ2v) is 4.08. The quantitative estimate of drug-likeness (QED) is 0.849. The van der Waals surface area contributed by atoms with Gasteiger partial charge in [-0.05, 0) is 26.3 Å². The number of nitrogens with one attached hydrogen (secondary N) is 1. The van der Waals surface area contributed by atoms with Gasteiger partial charge in [-0.1, -0.05) is 6.92 Å². The Bertz CT molecular complexity index is 452. The van der Waals surface area contributed by atoms with Crippen molar-refractivity contribution in [2.75, 3.05) is 0 Å². The summed E-state index contributed by atoms with van der Waals surface area (Å²) >= 11 is 0. The predicted octanol–water partition coefficient (Wildman–Crippen LogP) is 1.34. The number of rotatable bonds is 4. The first-order valence-electron chi connectivity index (χ1n) is 5.50. The van der Waals surface area contributed by atoms with E-state index in [0.29, 0.717) is 18.8 Å². The molecule has 1 N–H and O–H groups in total. The molecule has 0 fully saturated rings. The largest absolute Gasteiger partial charge is 0.349 e. The minimum atomic E-state index is -0.970. The lowest BCUT2D eigenvalue weighted by atomic mass is 9.88. The lowest BCUT2D eigenvalue weighted by molar-refractivity contribution is -0.127. The number of carbonyl (C=O) groups excluding carboxylic acids is 1. The predicted molar refractivity (Wildman–Crippen MR) is 62.6 cm³/mol. The molecule has 1 aromatic heterocycles. The van der Waals surface area contributed by atoms with Gasteiger partial charge in [0, 0.05) is 6.20 Å². The summed E-state index contributed by atoms with van der Waals surface area (Å²) < 4.78 is 0. The summed E-state index contributed by atoms with van der Waals surface area (Å²) in [7, 11) is 0. The van der Waals surface area contributed by atoms with Crippen molar-refractivity contribution in [3.05, 3.63) is 23.8 Å². The van der Waals surface area contributed by atoms with Crippen molar-refractivity contribution < 1.29 is 4.79 Å². The zero-order valence-corrected chi connectivity index (χ0v) is 10.3. The molecule has 90 valence electrons. The Balaban J connectivity index is 2.63. The zero-order chi connectivity index (χ0) is 12.9. The maximum absolute atomic E-state index is 11.8. The van der Waals surface area contributed by atoms with E-state index < -0.39 is 5.41 Å². The summed E-state index contributed by atoms with van der Waals surface area (Å²) in [6.07, 6.45) is 2.13. The number of aryl methyl sites for hydroxylation is 1. The van der Waals surface area contributed by atoms with Crippen LogP contribution in [0.25, 0.3) is 0 Å². The van der Waals surface area contributed by atoms with E-state index in [4.69, 9.17) is 5.26 Å². The zero-order valence-electron chi connectivity index (χ0n) is 10.3. The molecule has 5 heteroatoms. The van der Waals surface area contributed by atoms with Crippen molar-refractivity contribution in [3.63, 3.8) is 0 Å². The molecule has 0 radical (unpaired) electrons. The van der Waals surface area contributed by atoms with Crippen molar-refractivity contribution in [1.29, 1.82) is 5.26 Å². The lowest BCUT2D eigenvalue weighted by Gasteiger charge is -2.18. The van der Waals surface area contributed by atoms with Gasteiger partial charge in [0.05, 0.1) is 18.3 Å². The van der Waals surface area contributed by atoms with E-state index in [2.05, 4.69) is 15.3 Å². The van der Waals surface area contributed by atoms with Gasteiger partial charge in [0.25, 0.3) is 0 Å². The highest BCUT2D eigenvalue weighted by Crippen LogP contribution is 2.19. The molecule has 1 unspecified atom stereocenters. The molecule has 0 bridgehead atoms. The van der Waals surface area contributed by atoms with E-state index in [1.54, 1.807) is 26.1 Å². The van der Waals surface area contributed by atoms with Gasteiger partial charge < -0.3 is 5.32 Å². The van der Waals surface area contributed by atoms with Crippen LogP contribution in [-0.2, 0) is 11.3 Å². The molecule has 5 nitrogen and oxygen atoms in total. The van der Waals surface area contributed by atoms with Crippen molar-refractivity contribution >= 4 is 5.91 Å². The van der Waals surface area contributed by atoms with Crippen molar-refractivity contribution in [1.82, 2.24) is 15.3 Å². The maximum atomic E-state index is 11.8. The maximum Gasteiger partial charge on any atom is 0.240 e. The van der Waals surface area contributed by atoms with E-state index in [1.165, 1.54) is 0 Å². The van der Waals surface area contributed by atoms with Gasteiger partial charge in [0.2, 0.25) is 5.91 Å². The number of carbonyl (C=O) groups is 1. The minimum absolute atomic E-state index is 0.265. The van der Waals surface area contributed by atoms with Gasteiger partial charge in [-0.2, -0.15) is 5.26 Å². The number of amides is 1. The van der Waals surface area contributed by atoms with Crippen LogP contribution in [0.5, 0.6) is 0 Å². The molecule has 0 aromatic carbocycles. The highest BCUT2D eigenvalue weighted by Gasteiger charge is 2.30. The van der Waals surface area contributed by atoms with E-state index in [-0.39, 0.29) is 5.91 Å². The third-order valence-electron chi connectivity index (χ3n) is 2.72. The Morgan fingerprint density at radius 3 is 2.88 bits per heavy atom. The molecule has 0 aliphatic carbocycles. The first-order valence-corrected chi connectivity index (χ1v) is 5.50. The number of hydrogen-bond donors (Lipinski definition) is 1. The van der Waals surface area contributed by atoms with E-state index >= 15 is 0 Å². The van der Waals surface area contributed by atoms with Crippen LogP contribution in [0.15, 0.2) is 12.3 Å². The van der Waals surface area contributed by atoms with E-state index in [9.17, 15) is 4.79 Å². The molecular formula is C12H16N4O. The van der Waals surface area contributed by atoms with E-state index in [1.807, 2.05) is 13.0 Å². The Hall–Kier alpha value is -1.96. The Morgan fingerprint density at radius 1 is 1.65 bits per heavy atom. The molecule has 17 heavy (non-hydrogen) atoms.